The van der Waals surface area contributed by atoms with Crippen molar-refractivity contribution in [2.24, 2.45) is 0 Å². The van der Waals surface area contributed by atoms with Crippen LogP contribution in [0.2, 0.25) is 5.28 Å². The molecule has 3 nitrogen and oxygen atoms in total. The maximum Gasteiger partial charge on any atom is 0.224 e. The molecule has 0 fully saturated rings. The van der Waals surface area contributed by atoms with Crippen molar-refractivity contribution in [1.29, 1.82) is 0 Å². The first-order valence-corrected chi connectivity index (χ1v) is 4.83. The normalized spacial score (nSPS) is 9.77. The van der Waals surface area contributed by atoms with Gasteiger partial charge in [0.1, 0.15) is 5.82 Å². The largest absolute Gasteiger partial charge is 0.365 e. The molecule has 1 rings (SSSR count). The van der Waals surface area contributed by atoms with E-state index in [0.29, 0.717) is 12.4 Å². The minimum absolute atomic E-state index is 0.229. The van der Waals surface area contributed by atoms with Crippen LogP contribution >= 0.6 is 27.5 Å². The van der Waals surface area contributed by atoms with Crippen molar-refractivity contribution < 1.29 is 0 Å². The summed E-state index contributed by atoms with van der Waals surface area (Å²) >= 11 is 8.93. The van der Waals surface area contributed by atoms with Gasteiger partial charge in [0.2, 0.25) is 5.28 Å². The van der Waals surface area contributed by atoms with Crippen LogP contribution in [0.4, 0.5) is 5.82 Å². The number of hydrogen-bond acceptors (Lipinski definition) is 3. The Morgan fingerprint density at radius 1 is 1.77 bits per heavy atom. The summed E-state index contributed by atoms with van der Waals surface area (Å²) in [5, 5.41) is 3.30. The molecular weight excluding hydrogens is 253 g/mol. The lowest BCUT2D eigenvalue weighted by molar-refractivity contribution is 1.10. The van der Waals surface area contributed by atoms with Gasteiger partial charge in [-0.05, 0) is 34.5 Å². The third kappa shape index (κ3) is 3.32. The van der Waals surface area contributed by atoms with Crippen LogP contribution in [0.1, 0.15) is 6.92 Å². The maximum atomic E-state index is 5.63. The van der Waals surface area contributed by atoms with Crippen LogP contribution in [0.25, 0.3) is 0 Å². The third-order valence-electron chi connectivity index (χ3n) is 1.27. The second-order valence-corrected chi connectivity index (χ2v) is 3.84. The Labute approximate surface area is 90.4 Å². The predicted octanol–water partition coefficient (Wildman–Crippen LogP) is 2.88. The van der Waals surface area contributed by atoms with Gasteiger partial charge in [0, 0.05) is 12.7 Å². The Bertz CT molecular complexity index is 327. The first-order chi connectivity index (χ1) is 6.09. The van der Waals surface area contributed by atoms with Crippen molar-refractivity contribution in [3.63, 3.8) is 0 Å². The highest BCUT2D eigenvalue weighted by atomic mass is 79.9. The minimum atomic E-state index is 0.229. The summed E-state index contributed by atoms with van der Waals surface area (Å²) in [5.74, 6) is 0.683. The summed E-state index contributed by atoms with van der Waals surface area (Å²) < 4.78 is 0.790. The molecule has 5 heteroatoms. The topological polar surface area (TPSA) is 37.8 Å². The lowest BCUT2D eigenvalue weighted by atomic mass is 10.3. The van der Waals surface area contributed by atoms with Gasteiger partial charge in [0.05, 0.1) is 4.47 Å². The van der Waals surface area contributed by atoms with E-state index in [1.807, 2.05) is 6.92 Å². The molecule has 1 N–H and O–H groups in total. The maximum absolute atomic E-state index is 5.63. The molecular formula is C8H9BrClN3. The van der Waals surface area contributed by atoms with Crippen LogP contribution in [0, 0.1) is 0 Å². The Balaban J connectivity index is 2.75. The van der Waals surface area contributed by atoms with Crippen LogP contribution in [0.15, 0.2) is 22.8 Å². The molecule has 1 aromatic heterocycles. The van der Waals surface area contributed by atoms with Gasteiger partial charge in [-0.2, -0.15) is 4.98 Å². The average molecular weight is 263 g/mol. The van der Waals surface area contributed by atoms with Crippen molar-refractivity contribution in [1.82, 2.24) is 9.97 Å². The zero-order chi connectivity index (χ0) is 9.84. The van der Waals surface area contributed by atoms with E-state index in [2.05, 4.69) is 37.8 Å². The first-order valence-electron chi connectivity index (χ1n) is 3.66. The van der Waals surface area contributed by atoms with Gasteiger partial charge in [0.25, 0.3) is 0 Å². The van der Waals surface area contributed by atoms with E-state index in [0.717, 1.165) is 10.0 Å². The number of hydrogen-bond donors (Lipinski definition) is 1. The van der Waals surface area contributed by atoms with Gasteiger partial charge in [-0.25, -0.2) is 4.98 Å². The Morgan fingerprint density at radius 2 is 2.46 bits per heavy atom. The summed E-state index contributed by atoms with van der Waals surface area (Å²) in [6, 6.07) is 0. The number of aromatic nitrogens is 2. The molecule has 0 aromatic carbocycles. The van der Waals surface area contributed by atoms with E-state index in [4.69, 9.17) is 11.6 Å². The number of halogens is 2. The first kappa shape index (κ1) is 10.5. The Morgan fingerprint density at radius 3 is 3.08 bits per heavy atom. The molecule has 13 heavy (non-hydrogen) atoms. The second-order valence-electron chi connectivity index (χ2n) is 2.65. The summed E-state index contributed by atoms with van der Waals surface area (Å²) in [5.41, 5.74) is 1.03. The van der Waals surface area contributed by atoms with Crippen molar-refractivity contribution >= 4 is 33.3 Å². The molecule has 0 radical (unpaired) electrons. The lowest BCUT2D eigenvalue weighted by Gasteiger charge is -2.06. The highest BCUT2D eigenvalue weighted by Gasteiger charge is 2.02. The van der Waals surface area contributed by atoms with Crippen molar-refractivity contribution in [3.05, 3.63) is 28.1 Å². The van der Waals surface area contributed by atoms with Crippen LogP contribution in [-0.4, -0.2) is 16.5 Å². The number of rotatable bonds is 3. The third-order valence-corrected chi connectivity index (χ3v) is 2.03. The van der Waals surface area contributed by atoms with Crippen LogP contribution in [0.5, 0.6) is 0 Å². The molecule has 0 bridgehead atoms. The van der Waals surface area contributed by atoms with Crippen LogP contribution in [-0.2, 0) is 0 Å². The molecule has 0 aliphatic rings. The van der Waals surface area contributed by atoms with E-state index < -0.39 is 0 Å². The minimum Gasteiger partial charge on any atom is -0.365 e. The highest BCUT2D eigenvalue weighted by Crippen LogP contribution is 2.19. The van der Waals surface area contributed by atoms with Gasteiger partial charge in [0.15, 0.2) is 0 Å². The molecule has 0 saturated heterocycles. The zero-order valence-corrected chi connectivity index (χ0v) is 9.48. The standard InChI is InChI=1S/C8H9BrClN3/c1-5(2)3-11-7-6(9)4-12-8(10)13-7/h4H,1,3H2,2H3,(H,11,12,13). The molecule has 0 saturated carbocycles. The summed E-state index contributed by atoms with van der Waals surface area (Å²) in [6.45, 7) is 6.37. The highest BCUT2D eigenvalue weighted by molar-refractivity contribution is 9.10. The summed E-state index contributed by atoms with van der Waals surface area (Å²) in [4.78, 5) is 7.81. The second kappa shape index (κ2) is 4.58. The Kier molecular flexibility index (Phi) is 3.69. The number of anilines is 1. The average Bonchev–Trinajstić information content (AvgIpc) is 2.06. The molecule has 0 aliphatic heterocycles. The molecule has 1 aromatic rings. The molecule has 0 unspecified atom stereocenters. The lowest BCUT2D eigenvalue weighted by Crippen LogP contribution is -2.04. The fraction of sp³-hybridized carbons (Fsp3) is 0.250. The van der Waals surface area contributed by atoms with Crippen molar-refractivity contribution in [2.75, 3.05) is 11.9 Å². The predicted molar refractivity (Wildman–Crippen MR) is 58.0 cm³/mol. The van der Waals surface area contributed by atoms with E-state index >= 15 is 0 Å². The van der Waals surface area contributed by atoms with E-state index in [-0.39, 0.29) is 5.28 Å². The van der Waals surface area contributed by atoms with E-state index in [1.165, 1.54) is 0 Å². The molecule has 0 aliphatic carbocycles. The van der Waals surface area contributed by atoms with Crippen LogP contribution < -0.4 is 5.32 Å². The molecule has 70 valence electrons. The smallest absolute Gasteiger partial charge is 0.224 e. The molecule has 0 amide bonds. The van der Waals surface area contributed by atoms with Crippen LogP contribution in [0.3, 0.4) is 0 Å². The van der Waals surface area contributed by atoms with Gasteiger partial charge < -0.3 is 5.32 Å². The summed E-state index contributed by atoms with van der Waals surface area (Å²) in [7, 11) is 0. The number of nitrogens with zero attached hydrogens (tertiary/aromatic N) is 2. The molecule has 0 atom stereocenters. The fourth-order valence-electron chi connectivity index (χ4n) is 0.704. The van der Waals surface area contributed by atoms with E-state index in [9.17, 15) is 0 Å². The quantitative estimate of drug-likeness (QED) is 0.672. The van der Waals surface area contributed by atoms with Gasteiger partial charge in [-0.3, -0.25) is 0 Å². The Hall–Kier alpha value is -0.610. The van der Waals surface area contributed by atoms with Crippen molar-refractivity contribution in [3.8, 4) is 0 Å². The van der Waals surface area contributed by atoms with Crippen molar-refractivity contribution in [2.45, 2.75) is 6.92 Å². The summed E-state index contributed by atoms with van der Waals surface area (Å²) in [6.07, 6.45) is 1.61. The fourth-order valence-corrected chi connectivity index (χ4v) is 1.17. The van der Waals surface area contributed by atoms with Gasteiger partial charge in [-0.15, -0.1) is 0 Å². The SMILES string of the molecule is C=C(C)CNc1nc(Cl)ncc1Br. The molecule has 0 spiro atoms. The number of nitrogens with one attached hydrogen (secondary N) is 1. The monoisotopic (exact) mass is 261 g/mol. The zero-order valence-electron chi connectivity index (χ0n) is 7.14. The van der Waals surface area contributed by atoms with Gasteiger partial charge in [-0.1, -0.05) is 12.2 Å². The van der Waals surface area contributed by atoms with Gasteiger partial charge >= 0.3 is 0 Å². The van der Waals surface area contributed by atoms with E-state index in [1.54, 1.807) is 6.20 Å². The molecule has 1 heterocycles.